The maximum absolute atomic E-state index is 13.6. The quantitative estimate of drug-likeness (QED) is 0.524. The van der Waals surface area contributed by atoms with Crippen molar-refractivity contribution in [3.05, 3.63) is 48.0 Å². The number of anilines is 1. The molecule has 0 aromatic heterocycles. The van der Waals surface area contributed by atoms with Crippen LogP contribution in [0.4, 0.5) is 5.69 Å². The van der Waals surface area contributed by atoms with Crippen molar-refractivity contribution in [3.63, 3.8) is 0 Å². The maximum Gasteiger partial charge on any atom is 0.244 e. The van der Waals surface area contributed by atoms with Gasteiger partial charge in [0.1, 0.15) is 31.5 Å². The summed E-state index contributed by atoms with van der Waals surface area (Å²) in [5.74, 6) is 0.652. The number of carbonyl (C=O) groups is 2. The highest BCUT2D eigenvalue weighted by atomic mass is 32.2. The van der Waals surface area contributed by atoms with E-state index >= 15 is 0 Å². The van der Waals surface area contributed by atoms with Crippen molar-refractivity contribution in [3.8, 4) is 17.2 Å². The largest absolute Gasteiger partial charge is 0.497 e. The lowest BCUT2D eigenvalue weighted by Gasteiger charge is -2.32. The third-order valence-electron chi connectivity index (χ3n) is 5.61. The van der Waals surface area contributed by atoms with Crippen molar-refractivity contribution in [1.82, 2.24) is 10.2 Å². The van der Waals surface area contributed by atoms with E-state index in [1.54, 1.807) is 44.4 Å². The highest BCUT2D eigenvalue weighted by molar-refractivity contribution is 7.92. The van der Waals surface area contributed by atoms with Crippen molar-refractivity contribution in [1.29, 1.82) is 0 Å². The zero-order valence-electron chi connectivity index (χ0n) is 20.3. The predicted molar refractivity (Wildman–Crippen MR) is 131 cm³/mol. The number of fused-ring (bicyclic) bond motifs is 1. The van der Waals surface area contributed by atoms with Crippen LogP contribution in [-0.2, 0) is 26.2 Å². The van der Waals surface area contributed by atoms with Crippen LogP contribution in [0.1, 0.15) is 18.9 Å². The molecule has 11 heteroatoms. The molecule has 2 aromatic carbocycles. The van der Waals surface area contributed by atoms with Gasteiger partial charge in [0.15, 0.2) is 11.5 Å². The Morgan fingerprint density at radius 2 is 1.83 bits per heavy atom. The van der Waals surface area contributed by atoms with E-state index in [2.05, 4.69) is 5.32 Å². The summed E-state index contributed by atoms with van der Waals surface area (Å²) in [4.78, 5) is 27.6. The lowest BCUT2D eigenvalue weighted by molar-refractivity contribution is -0.140. The normalized spacial score (nSPS) is 13.5. The van der Waals surface area contributed by atoms with E-state index < -0.39 is 28.5 Å². The van der Waals surface area contributed by atoms with E-state index in [-0.39, 0.29) is 18.1 Å². The van der Waals surface area contributed by atoms with E-state index in [1.165, 1.54) is 18.0 Å². The number of carbonyl (C=O) groups excluding carboxylic acids is 2. The summed E-state index contributed by atoms with van der Waals surface area (Å²) in [6.07, 6.45) is 1.37. The molecule has 10 nitrogen and oxygen atoms in total. The number of ether oxygens (including phenoxy) is 3. The molecule has 0 spiro atoms. The molecular weight excluding hydrogens is 474 g/mol. The number of nitrogens with zero attached hydrogens (tertiary/aromatic N) is 2. The summed E-state index contributed by atoms with van der Waals surface area (Å²) in [6, 6.07) is 11.1. The second kappa shape index (κ2) is 11.3. The molecule has 0 bridgehead atoms. The first-order valence-electron chi connectivity index (χ1n) is 11.2. The van der Waals surface area contributed by atoms with Crippen molar-refractivity contribution >= 4 is 27.5 Å². The van der Waals surface area contributed by atoms with E-state index in [0.717, 1.165) is 16.1 Å². The molecular formula is C24H31N3O7S. The monoisotopic (exact) mass is 505 g/mol. The molecule has 3 rings (SSSR count). The fraction of sp³-hybridized carbons (Fsp3) is 0.417. The van der Waals surface area contributed by atoms with Gasteiger partial charge >= 0.3 is 0 Å². The van der Waals surface area contributed by atoms with Gasteiger partial charge in [0.2, 0.25) is 21.8 Å². The van der Waals surface area contributed by atoms with Crippen LogP contribution in [0, 0.1) is 0 Å². The van der Waals surface area contributed by atoms with Crippen LogP contribution in [0.25, 0.3) is 0 Å². The van der Waals surface area contributed by atoms with Crippen LogP contribution < -0.4 is 23.8 Å². The molecule has 1 atom stereocenters. The number of nitrogens with one attached hydrogen (secondary N) is 1. The Bertz CT molecular complexity index is 1170. The fourth-order valence-corrected chi connectivity index (χ4v) is 4.70. The standard InChI is InChI=1S/C24H31N3O7S/c1-5-20(24(29)25-2)26(15-17-7-6-8-19(13-17)32-3)23(28)16-27(35(4,30)31)18-9-10-21-22(14-18)34-12-11-33-21/h6-10,13-14,20H,5,11-12,15-16H2,1-4H3,(H,25,29). The molecule has 0 radical (unpaired) electrons. The summed E-state index contributed by atoms with van der Waals surface area (Å²) in [7, 11) is -0.808. The zero-order valence-corrected chi connectivity index (χ0v) is 21.1. The highest BCUT2D eigenvalue weighted by Crippen LogP contribution is 2.34. The summed E-state index contributed by atoms with van der Waals surface area (Å²) >= 11 is 0. The lowest BCUT2D eigenvalue weighted by atomic mass is 10.1. The van der Waals surface area contributed by atoms with E-state index in [0.29, 0.717) is 36.9 Å². The fourth-order valence-electron chi connectivity index (χ4n) is 3.85. The minimum atomic E-state index is -3.85. The van der Waals surface area contributed by atoms with Gasteiger partial charge in [-0.05, 0) is 36.2 Å². The molecule has 1 N–H and O–H groups in total. The first-order valence-corrected chi connectivity index (χ1v) is 13.0. The number of benzene rings is 2. The second-order valence-electron chi connectivity index (χ2n) is 8.01. The Labute approximate surface area is 205 Å². The molecule has 0 aliphatic carbocycles. The van der Waals surface area contributed by atoms with Crippen LogP contribution in [0.2, 0.25) is 0 Å². The Morgan fingerprint density at radius 3 is 2.46 bits per heavy atom. The summed E-state index contributed by atoms with van der Waals surface area (Å²) < 4.78 is 42.8. The third kappa shape index (κ3) is 6.36. The molecule has 0 saturated heterocycles. The average molecular weight is 506 g/mol. The topological polar surface area (TPSA) is 114 Å². The molecule has 35 heavy (non-hydrogen) atoms. The maximum atomic E-state index is 13.6. The number of sulfonamides is 1. The second-order valence-corrected chi connectivity index (χ2v) is 9.92. The van der Waals surface area contributed by atoms with Crippen LogP contribution in [0.3, 0.4) is 0 Å². The Balaban J connectivity index is 1.95. The smallest absolute Gasteiger partial charge is 0.244 e. The molecule has 1 heterocycles. The van der Waals surface area contributed by atoms with Crippen LogP contribution in [-0.4, -0.2) is 71.3 Å². The highest BCUT2D eigenvalue weighted by Gasteiger charge is 2.31. The van der Waals surface area contributed by atoms with Gasteiger partial charge in [-0.1, -0.05) is 19.1 Å². The number of rotatable bonds is 10. The number of hydrogen-bond donors (Lipinski definition) is 1. The molecule has 1 unspecified atom stereocenters. The van der Waals surface area contributed by atoms with E-state index in [4.69, 9.17) is 14.2 Å². The van der Waals surface area contributed by atoms with E-state index in [1.807, 2.05) is 6.07 Å². The summed E-state index contributed by atoms with van der Waals surface area (Å²) in [5, 5.41) is 2.59. The van der Waals surface area contributed by atoms with Crippen LogP contribution in [0.15, 0.2) is 42.5 Å². The van der Waals surface area contributed by atoms with Crippen molar-refractivity contribution in [2.45, 2.75) is 25.9 Å². The molecule has 2 amide bonds. The predicted octanol–water partition coefficient (Wildman–Crippen LogP) is 1.79. The van der Waals surface area contributed by atoms with Gasteiger partial charge in [-0.15, -0.1) is 0 Å². The summed E-state index contributed by atoms with van der Waals surface area (Å²) in [5.41, 5.74) is 1.00. The van der Waals surface area contributed by atoms with Gasteiger partial charge in [0.05, 0.1) is 19.1 Å². The van der Waals surface area contributed by atoms with Crippen molar-refractivity contribution < 1.29 is 32.2 Å². The van der Waals surface area contributed by atoms with Gasteiger partial charge in [0.25, 0.3) is 0 Å². The Morgan fingerprint density at radius 1 is 1.11 bits per heavy atom. The molecule has 2 aromatic rings. The number of hydrogen-bond acceptors (Lipinski definition) is 7. The minimum Gasteiger partial charge on any atom is -0.497 e. The first-order chi connectivity index (χ1) is 16.7. The first kappa shape index (κ1) is 26.1. The lowest BCUT2D eigenvalue weighted by Crippen LogP contribution is -2.51. The van der Waals surface area contributed by atoms with Crippen LogP contribution in [0.5, 0.6) is 17.2 Å². The van der Waals surface area contributed by atoms with Crippen molar-refractivity contribution in [2.24, 2.45) is 0 Å². The van der Waals surface area contributed by atoms with Gasteiger partial charge in [0, 0.05) is 19.7 Å². The van der Waals surface area contributed by atoms with E-state index in [9.17, 15) is 18.0 Å². The molecule has 1 aliphatic rings. The van der Waals surface area contributed by atoms with Gasteiger partial charge < -0.3 is 24.4 Å². The SMILES string of the molecule is CCC(C(=O)NC)N(Cc1cccc(OC)c1)C(=O)CN(c1ccc2c(c1)OCCO2)S(C)(=O)=O. The molecule has 0 fully saturated rings. The minimum absolute atomic E-state index is 0.0979. The molecule has 0 saturated carbocycles. The number of likely N-dealkylation sites (N-methyl/N-ethyl adjacent to an activating group) is 1. The molecule has 1 aliphatic heterocycles. The van der Waals surface area contributed by atoms with Gasteiger partial charge in [-0.2, -0.15) is 0 Å². The Hall–Kier alpha value is -3.47. The van der Waals surface area contributed by atoms with Crippen LogP contribution >= 0.6 is 0 Å². The van der Waals surface area contributed by atoms with Gasteiger partial charge in [-0.25, -0.2) is 8.42 Å². The Kier molecular flexibility index (Phi) is 8.44. The van der Waals surface area contributed by atoms with Gasteiger partial charge in [-0.3, -0.25) is 13.9 Å². The average Bonchev–Trinajstić information content (AvgIpc) is 2.85. The third-order valence-corrected chi connectivity index (χ3v) is 6.75. The van der Waals surface area contributed by atoms with Crippen molar-refractivity contribution in [2.75, 3.05) is 44.5 Å². The molecule has 190 valence electrons. The number of methoxy groups -OCH3 is 1. The zero-order chi connectivity index (χ0) is 25.6. The number of amides is 2. The summed E-state index contributed by atoms with van der Waals surface area (Å²) in [6.45, 7) is 2.14.